The summed E-state index contributed by atoms with van der Waals surface area (Å²) in [5, 5.41) is 8.95. The van der Waals surface area contributed by atoms with Crippen LogP contribution in [-0.4, -0.2) is 17.7 Å². The van der Waals surface area contributed by atoms with Gasteiger partial charge in [0, 0.05) is 5.56 Å². The molecule has 0 unspecified atom stereocenters. The van der Waals surface area contributed by atoms with E-state index in [-0.39, 0.29) is 22.4 Å². The summed E-state index contributed by atoms with van der Waals surface area (Å²) in [5.41, 5.74) is -0.00484. The highest BCUT2D eigenvalue weighted by Gasteiger charge is 2.13. The largest absolute Gasteiger partial charge is 0.478 e. The Morgan fingerprint density at radius 2 is 1.85 bits per heavy atom. The van der Waals surface area contributed by atoms with Gasteiger partial charge in [-0.15, -0.1) is 0 Å². The maximum Gasteiger partial charge on any atom is 0.387 e. The number of carboxylic acid groups (broad SMARTS) is 1. The van der Waals surface area contributed by atoms with E-state index in [2.05, 4.69) is 4.74 Å². The Labute approximate surface area is 112 Å². The quantitative estimate of drug-likeness (QED) is 0.928. The van der Waals surface area contributed by atoms with Crippen LogP contribution in [0.4, 0.5) is 13.2 Å². The number of carbonyl (C=O) groups is 1. The zero-order valence-electron chi connectivity index (χ0n) is 10.0. The van der Waals surface area contributed by atoms with Crippen molar-refractivity contribution in [1.82, 2.24) is 0 Å². The molecule has 0 amide bonds. The molecule has 0 radical (unpaired) electrons. The molecule has 20 heavy (non-hydrogen) atoms. The molecule has 0 bridgehead atoms. The molecule has 2 rings (SSSR count). The van der Waals surface area contributed by atoms with Crippen molar-refractivity contribution < 1.29 is 27.8 Å². The molecular weight excluding hydrogens is 273 g/mol. The van der Waals surface area contributed by atoms with Crippen molar-refractivity contribution >= 4 is 5.97 Å². The van der Waals surface area contributed by atoms with Gasteiger partial charge in [0.25, 0.3) is 0 Å². The van der Waals surface area contributed by atoms with E-state index in [0.717, 1.165) is 12.1 Å². The molecule has 0 spiro atoms. The fraction of sp³-hybridized carbons (Fsp3) is 0.0714. The highest BCUT2D eigenvalue weighted by Crippen LogP contribution is 2.29. The van der Waals surface area contributed by atoms with Crippen LogP contribution in [0.25, 0.3) is 11.1 Å². The van der Waals surface area contributed by atoms with Gasteiger partial charge in [-0.3, -0.25) is 0 Å². The average Bonchev–Trinajstić information content (AvgIpc) is 2.38. The number of benzene rings is 2. The summed E-state index contributed by atoms with van der Waals surface area (Å²) in [4.78, 5) is 11.0. The van der Waals surface area contributed by atoms with Gasteiger partial charge < -0.3 is 9.84 Å². The molecule has 0 saturated heterocycles. The van der Waals surface area contributed by atoms with Crippen molar-refractivity contribution in [3.63, 3.8) is 0 Å². The van der Waals surface area contributed by atoms with Crippen molar-refractivity contribution in [2.24, 2.45) is 0 Å². The number of aromatic carboxylic acids is 1. The SMILES string of the molecule is O=C(O)c1cc(OC(F)F)cc(-c2ccccc2F)c1. The summed E-state index contributed by atoms with van der Waals surface area (Å²) in [6, 6.07) is 8.95. The van der Waals surface area contributed by atoms with Gasteiger partial charge in [0.1, 0.15) is 11.6 Å². The van der Waals surface area contributed by atoms with E-state index in [1.807, 2.05) is 0 Å². The maximum atomic E-state index is 13.7. The van der Waals surface area contributed by atoms with Gasteiger partial charge in [-0.25, -0.2) is 9.18 Å². The van der Waals surface area contributed by atoms with Crippen LogP contribution in [0.15, 0.2) is 42.5 Å². The van der Waals surface area contributed by atoms with Gasteiger partial charge in [0.2, 0.25) is 0 Å². The monoisotopic (exact) mass is 282 g/mol. The third kappa shape index (κ3) is 3.09. The Hall–Kier alpha value is -2.50. The molecule has 0 aliphatic carbocycles. The van der Waals surface area contributed by atoms with Gasteiger partial charge in [-0.05, 0) is 29.8 Å². The van der Waals surface area contributed by atoms with Crippen LogP contribution in [0.3, 0.4) is 0 Å². The molecule has 0 aromatic heterocycles. The summed E-state index contributed by atoms with van der Waals surface area (Å²) in [7, 11) is 0. The third-order valence-electron chi connectivity index (χ3n) is 2.56. The first kappa shape index (κ1) is 13.9. The van der Waals surface area contributed by atoms with Crippen molar-refractivity contribution in [3.8, 4) is 16.9 Å². The van der Waals surface area contributed by atoms with E-state index in [1.54, 1.807) is 6.07 Å². The number of hydrogen-bond donors (Lipinski definition) is 1. The van der Waals surface area contributed by atoms with Crippen molar-refractivity contribution in [1.29, 1.82) is 0 Å². The van der Waals surface area contributed by atoms with Crippen LogP contribution < -0.4 is 4.74 Å². The minimum Gasteiger partial charge on any atom is -0.478 e. The molecule has 0 saturated carbocycles. The number of carboxylic acids is 1. The second-order valence-corrected chi connectivity index (χ2v) is 3.91. The van der Waals surface area contributed by atoms with E-state index in [0.29, 0.717) is 0 Å². The zero-order chi connectivity index (χ0) is 14.7. The highest BCUT2D eigenvalue weighted by atomic mass is 19.3. The first-order chi connectivity index (χ1) is 9.47. The number of halogens is 3. The molecule has 0 heterocycles. The minimum absolute atomic E-state index is 0.106. The average molecular weight is 282 g/mol. The van der Waals surface area contributed by atoms with Crippen molar-refractivity contribution in [3.05, 3.63) is 53.8 Å². The fourth-order valence-corrected chi connectivity index (χ4v) is 1.74. The minimum atomic E-state index is -3.09. The first-order valence-electron chi connectivity index (χ1n) is 5.55. The van der Waals surface area contributed by atoms with Gasteiger partial charge in [0.05, 0.1) is 5.56 Å². The van der Waals surface area contributed by atoms with Crippen LogP contribution >= 0.6 is 0 Å². The molecule has 0 atom stereocenters. The summed E-state index contributed by atoms with van der Waals surface area (Å²) in [6.45, 7) is -3.09. The molecule has 2 aromatic carbocycles. The molecule has 3 nitrogen and oxygen atoms in total. The van der Waals surface area contributed by atoms with E-state index in [4.69, 9.17) is 5.11 Å². The van der Waals surface area contributed by atoms with E-state index in [1.165, 1.54) is 24.3 Å². The lowest BCUT2D eigenvalue weighted by atomic mass is 10.0. The molecular formula is C14H9F3O3. The Morgan fingerprint density at radius 3 is 2.45 bits per heavy atom. The number of alkyl halides is 2. The van der Waals surface area contributed by atoms with Crippen LogP contribution in [0, 0.1) is 5.82 Å². The molecule has 1 N–H and O–H groups in total. The predicted octanol–water partition coefficient (Wildman–Crippen LogP) is 3.79. The molecule has 104 valence electrons. The smallest absolute Gasteiger partial charge is 0.387 e. The zero-order valence-corrected chi connectivity index (χ0v) is 10.0. The standard InChI is InChI=1S/C14H9F3O3/c15-12-4-2-1-3-11(12)8-5-9(13(18)19)7-10(6-8)20-14(16)17/h1-7,14H,(H,18,19). The summed E-state index contributed by atoms with van der Waals surface area (Å²) < 4.78 is 42.3. The second-order valence-electron chi connectivity index (χ2n) is 3.91. The van der Waals surface area contributed by atoms with Gasteiger partial charge in [-0.1, -0.05) is 18.2 Å². The fourth-order valence-electron chi connectivity index (χ4n) is 1.74. The number of rotatable bonds is 4. The molecule has 6 heteroatoms. The number of hydrogen-bond acceptors (Lipinski definition) is 2. The lowest BCUT2D eigenvalue weighted by Crippen LogP contribution is -2.04. The predicted molar refractivity (Wildman–Crippen MR) is 65.4 cm³/mol. The molecule has 0 fully saturated rings. The van der Waals surface area contributed by atoms with Crippen molar-refractivity contribution in [2.45, 2.75) is 6.61 Å². The van der Waals surface area contributed by atoms with Gasteiger partial charge in [-0.2, -0.15) is 8.78 Å². The lowest BCUT2D eigenvalue weighted by molar-refractivity contribution is -0.0498. The van der Waals surface area contributed by atoms with Gasteiger partial charge >= 0.3 is 12.6 Å². The Morgan fingerprint density at radius 1 is 1.15 bits per heavy atom. The Bertz CT molecular complexity index is 641. The van der Waals surface area contributed by atoms with Crippen LogP contribution in [0.2, 0.25) is 0 Å². The molecule has 0 aliphatic rings. The van der Waals surface area contributed by atoms with E-state index in [9.17, 15) is 18.0 Å². The molecule has 2 aromatic rings. The molecule has 0 aliphatic heterocycles. The first-order valence-corrected chi connectivity index (χ1v) is 5.55. The van der Waals surface area contributed by atoms with Crippen LogP contribution in [-0.2, 0) is 0 Å². The highest BCUT2D eigenvalue weighted by molar-refractivity contribution is 5.90. The van der Waals surface area contributed by atoms with Crippen LogP contribution in [0.1, 0.15) is 10.4 Å². The van der Waals surface area contributed by atoms with Gasteiger partial charge in [0.15, 0.2) is 0 Å². The van der Waals surface area contributed by atoms with E-state index >= 15 is 0 Å². The van der Waals surface area contributed by atoms with E-state index < -0.39 is 18.4 Å². The van der Waals surface area contributed by atoms with Crippen LogP contribution in [0.5, 0.6) is 5.75 Å². The third-order valence-corrected chi connectivity index (χ3v) is 2.56. The summed E-state index contributed by atoms with van der Waals surface area (Å²) in [6.07, 6.45) is 0. The second kappa shape index (κ2) is 5.64. The topological polar surface area (TPSA) is 46.5 Å². The summed E-state index contributed by atoms with van der Waals surface area (Å²) in [5.74, 6) is -2.24. The number of ether oxygens (including phenoxy) is 1. The van der Waals surface area contributed by atoms with Crippen molar-refractivity contribution in [2.75, 3.05) is 0 Å². The summed E-state index contributed by atoms with van der Waals surface area (Å²) >= 11 is 0. The lowest BCUT2D eigenvalue weighted by Gasteiger charge is -2.09. The Balaban J connectivity index is 2.55. The maximum absolute atomic E-state index is 13.7. The normalized spacial score (nSPS) is 10.6. The Kier molecular flexibility index (Phi) is 3.93.